The minimum absolute atomic E-state index is 0.0449. The summed E-state index contributed by atoms with van der Waals surface area (Å²) >= 11 is 8.76. The van der Waals surface area contributed by atoms with E-state index in [1.54, 1.807) is 6.07 Å². The molecule has 0 saturated heterocycles. The first-order chi connectivity index (χ1) is 8.60. The zero-order valence-corrected chi connectivity index (χ0v) is 11.3. The topological polar surface area (TPSA) is 82.1 Å². The highest BCUT2D eigenvalue weighted by Gasteiger charge is 2.14. The average molecular weight is 333 g/mol. The maximum absolute atomic E-state index is 10.7. The van der Waals surface area contributed by atoms with Crippen LogP contribution in [0.25, 0.3) is 11.5 Å². The molecule has 8 heteroatoms. The summed E-state index contributed by atoms with van der Waals surface area (Å²) in [6.45, 7) is 0. The molecule has 1 aromatic carbocycles. The van der Waals surface area contributed by atoms with Gasteiger partial charge >= 0.3 is 0 Å². The highest BCUT2D eigenvalue weighted by Crippen LogP contribution is 2.27. The van der Waals surface area contributed by atoms with E-state index in [4.69, 9.17) is 16.0 Å². The van der Waals surface area contributed by atoms with Crippen LogP contribution in [-0.2, 0) is 6.42 Å². The summed E-state index contributed by atoms with van der Waals surface area (Å²) in [4.78, 5) is 10.3. The van der Waals surface area contributed by atoms with E-state index in [0.29, 0.717) is 28.2 Å². The second-order valence-electron chi connectivity index (χ2n) is 3.40. The van der Waals surface area contributed by atoms with E-state index >= 15 is 0 Å². The van der Waals surface area contributed by atoms with Crippen LogP contribution in [0.1, 0.15) is 5.89 Å². The van der Waals surface area contributed by atoms with Gasteiger partial charge in [0.05, 0.1) is 4.92 Å². The normalized spacial score (nSPS) is 10.6. The number of rotatable bonds is 4. The molecule has 0 fully saturated rings. The molecule has 1 heterocycles. The quantitative estimate of drug-likeness (QED) is 0.488. The number of nitrogens with zero attached hydrogens (tertiary/aromatic N) is 3. The van der Waals surface area contributed by atoms with E-state index in [9.17, 15) is 10.1 Å². The van der Waals surface area contributed by atoms with Crippen LogP contribution in [0.3, 0.4) is 0 Å². The number of halogens is 2. The van der Waals surface area contributed by atoms with Crippen molar-refractivity contribution >= 4 is 33.2 Å². The molecule has 0 N–H and O–H groups in total. The lowest BCUT2D eigenvalue weighted by atomic mass is 10.2. The highest BCUT2D eigenvalue weighted by molar-refractivity contribution is 9.10. The standard InChI is InChI=1S/C10H7BrClN3O3/c11-7-3-6(4-8(5-7)15(16)17)10-14-13-9(18-10)1-2-12/h3-5H,1-2H2. The molecule has 94 valence electrons. The Balaban J connectivity index is 2.39. The van der Waals surface area contributed by atoms with Crippen LogP contribution < -0.4 is 0 Å². The number of hydrogen-bond donors (Lipinski definition) is 0. The molecule has 0 spiro atoms. The van der Waals surface area contributed by atoms with Crippen molar-refractivity contribution in [3.63, 3.8) is 0 Å². The average Bonchev–Trinajstić information content (AvgIpc) is 2.77. The molecule has 0 atom stereocenters. The molecule has 18 heavy (non-hydrogen) atoms. The van der Waals surface area contributed by atoms with Crippen molar-refractivity contribution in [3.8, 4) is 11.5 Å². The summed E-state index contributed by atoms with van der Waals surface area (Å²) in [6, 6.07) is 4.45. The fourth-order valence-electron chi connectivity index (χ4n) is 1.36. The van der Waals surface area contributed by atoms with Gasteiger partial charge in [-0.15, -0.1) is 21.8 Å². The Morgan fingerprint density at radius 3 is 2.83 bits per heavy atom. The lowest BCUT2D eigenvalue weighted by Crippen LogP contribution is -1.89. The van der Waals surface area contributed by atoms with Gasteiger partial charge in [-0.05, 0) is 6.07 Å². The predicted molar refractivity (Wildman–Crippen MR) is 68.5 cm³/mol. The van der Waals surface area contributed by atoms with Crippen LogP contribution in [0, 0.1) is 10.1 Å². The van der Waals surface area contributed by atoms with Crippen molar-refractivity contribution in [2.45, 2.75) is 6.42 Å². The van der Waals surface area contributed by atoms with Crippen molar-refractivity contribution in [1.29, 1.82) is 0 Å². The van der Waals surface area contributed by atoms with Gasteiger partial charge in [0.1, 0.15) is 0 Å². The molecular formula is C10H7BrClN3O3. The van der Waals surface area contributed by atoms with Crippen molar-refractivity contribution in [2.75, 3.05) is 5.88 Å². The lowest BCUT2D eigenvalue weighted by molar-refractivity contribution is -0.384. The Hall–Kier alpha value is -1.47. The predicted octanol–water partition coefficient (Wildman–Crippen LogP) is 3.19. The van der Waals surface area contributed by atoms with Gasteiger partial charge in [-0.1, -0.05) is 15.9 Å². The van der Waals surface area contributed by atoms with Crippen LogP contribution in [-0.4, -0.2) is 21.0 Å². The van der Waals surface area contributed by atoms with Gasteiger partial charge in [0.25, 0.3) is 5.69 Å². The monoisotopic (exact) mass is 331 g/mol. The maximum atomic E-state index is 10.7. The summed E-state index contributed by atoms with van der Waals surface area (Å²) in [5.74, 6) is 1.02. The fourth-order valence-corrected chi connectivity index (χ4v) is 2.00. The molecule has 2 rings (SSSR count). The molecule has 0 unspecified atom stereocenters. The number of aromatic nitrogens is 2. The molecule has 0 bridgehead atoms. The number of aryl methyl sites for hydroxylation is 1. The molecule has 0 saturated carbocycles. The lowest BCUT2D eigenvalue weighted by Gasteiger charge is -1.97. The van der Waals surface area contributed by atoms with Crippen molar-refractivity contribution < 1.29 is 9.34 Å². The third kappa shape index (κ3) is 2.85. The van der Waals surface area contributed by atoms with Gasteiger partial charge in [0, 0.05) is 34.5 Å². The highest BCUT2D eigenvalue weighted by atomic mass is 79.9. The third-order valence-corrected chi connectivity index (χ3v) is 2.76. The van der Waals surface area contributed by atoms with E-state index in [2.05, 4.69) is 26.1 Å². The summed E-state index contributed by atoms with van der Waals surface area (Å²) in [5, 5.41) is 18.4. The van der Waals surface area contributed by atoms with Gasteiger partial charge in [0.15, 0.2) is 0 Å². The van der Waals surface area contributed by atoms with Gasteiger partial charge in [0.2, 0.25) is 11.8 Å². The van der Waals surface area contributed by atoms with Crippen LogP contribution in [0.5, 0.6) is 0 Å². The van der Waals surface area contributed by atoms with E-state index in [0.717, 1.165) is 0 Å². The molecule has 2 aromatic rings. The molecule has 0 aliphatic carbocycles. The van der Waals surface area contributed by atoms with Crippen LogP contribution >= 0.6 is 27.5 Å². The Kier molecular flexibility index (Phi) is 3.93. The zero-order valence-electron chi connectivity index (χ0n) is 8.97. The number of nitro benzene ring substituents is 1. The van der Waals surface area contributed by atoms with Gasteiger partial charge in [-0.3, -0.25) is 10.1 Å². The third-order valence-electron chi connectivity index (χ3n) is 2.12. The number of hydrogen-bond acceptors (Lipinski definition) is 5. The number of benzene rings is 1. The van der Waals surface area contributed by atoms with E-state index in [-0.39, 0.29) is 11.6 Å². The van der Waals surface area contributed by atoms with Crippen LogP contribution in [0.15, 0.2) is 27.1 Å². The summed E-state index contributed by atoms with van der Waals surface area (Å²) in [5.41, 5.74) is 0.445. The van der Waals surface area contributed by atoms with Gasteiger partial charge in [-0.2, -0.15) is 0 Å². The first-order valence-corrected chi connectivity index (χ1v) is 6.26. The Bertz CT molecular complexity index is 587. The van der Waals surface area contributed by atoms with E-state index in [1.165, 1.54) is 12.1 Å². The molecule has 0 radical (unpaired) electrons. The zero-order chi connectivity index (χ0) is 13.1. The van der Waals surface area contributed by atoms with Crippen molar-refractivity contribution in [1.82, 2.24) is 10.2 Å². The minimum atomic E-state index is -0.482. The Morgan fingerprint density at radius 1 is 1.39 bits per heavy atom. The SMILES string of the molecule is O=[N+]([O-])c1cc(Br)cc(-c2nnc(CCCl)o2)c1. The molecule has 0 aliphatic rings. The van der Waals surface area contributed by atoms with Gasteiger partial charge < -0.3 is 4.42 Å². The van der Waals surface area contributed by atoms with Gasteiger partial charge in [-0.25, -0.2) is 0 Å². The largest absolute Gasteiger partial charge is 0.421 e. The second kappa shape index (κ2) is 5.45. The first-order valence-electron chi connectivity index (χ1n) is 4.94. The first kappa shape index (κ1) is 13.0. The molecule has 0 amide bonds. The number of nitro groups is 1. The number of non-ortho nitro benzene ring substituents is 1. The smallest absolute Gasteiger partial charge is 0.271 e. The van der Waals surface area contributed by atoms with E-state index in [1.807, 2.05) is 0 Å². The Morgan fingerprint density at radius 2 is 2.17 bits per heavy atom. The van der Waals surface area contributed by atoms with Crippen molar-refractivity contribution in [2.24, 2.45) is 0 Å². The summed E-state index contributed by atoms with van der Waals surface area (Å²) in [7, 11) is 0. The van der Waals surface area contributed by atoms with Crippen LogP contribution in [0.4, 0.5) is 5.69 Å². The fraction of sp³-hybridized carbons (Fsp3) is 0.200. The maximum Gasteiger partial charge on any atom is 0.271 e. The molecular weight excluding hydrogens is 325 g/mol. The van der Waals surface area contributed by atoms with Crippen LogP contribution in [0.2, 0.25) is 0 Å². The molecule has 0 aliphatic heterocycles. The Labute approximate surface area is 115 Å². The minimum Gasteiger partial charge on any atom is -0.421 e. The molecule has 1 aromatic heterocycles. The number of alkyl halides is 1. The van der Waals surface area contributed by atoms with Crippen molar-refractivity contribution in [3.05, 3.63) is 38.7 Å². The summed E-state index contributed by atoms with van der Waals surface area (Å²) < 4.78 is 5.92. The second-order valence-corrected chi connectivity index (χ2v) is 4.69. The van der Waals surface area contributed by atoms with E-state index < -0.39 is 4.92 Å². The molecule has 6 nitrogen and oxygen atoms in total. The summed E-state index contributed by atoms with van der Waals surface area (Å²) in [6.07, 6.45) is 0.463.